The highest BCUT2D eigenvalue weighted by Gasteiger charge is 2.33. The molecule has 1 aliphatic rings. The Bertz CT molecular complexity index is 453. The molecule has 1 aromatic rings. The van der Waals surface area contributed by atoms with Gasteiger partial charge in [-0.25, -0.2) is 4.79 Å². The number of carbonyl (C=O) groups is 1. The van der Waals surface area contributed by atoms with E-state index in [1.807, 2.05) is 0 Å². The summed E-state index contributed by atoms with van der Waals surface area (Å²) in [6.45, 7) is 0. The smallest absolute Gasteiger partial charge is 0.416 e. The predicted octanol–water partition coefficient (Wildman–Crippen LogP) is 3.10. The predicted molar refractivity (Wildman–Crippen MR) is 60.3 cm³/mol. The van der Waals surface area contributed by atoms with Crippen molar-refractivity contribution in [2.24, 2.45) is 0 Å². The number of carbonyl (C=O) groups excluding carboxylic acids is 1. The highest BCUT2D eigenvalue weighted by atomic mass is 19.4. The minimum Gasteiger partial charge on any atom is -0.467 e. The lowest BCUT2D eigenvalue weighted by Crippen LogP contribution is -2.21. The monoisotopic (exact) mass is 274 g/mol. The normalized spacial score (nSPS) is 23.4. The van der Waals surface area contributed by atoms with Crippen molar-refractivity contribution in [3.63, 3.8) is 0 Å². The standard InChI is InChI=1S/C13H13F3O3/c1-18-12(17)11-7-6-10(19-11)8-2-4-9(5-3-8)13(14,15)16/h2-5,10-11H,6-7H2,1H3. The van der Waals surface area contributed by atoms with Gasteiger partial charge in [0.15, 0.2) is 6.10 Å². The SMILES string of the molecule is COC(=O)C1CCC(c2ccc(C(F)(F)F)cc2)O1. The van der Waals surface area contributed by atoms with Gasteiger partial charge in [-0.05, 0) is 30.5 Å². The molecule has 0 bridgehead atoms. The van der Waals surface area contributed by atoms with E-state index in [4.69, 9.17) is 4.74 Å². The fraction of sp³-hybridized carbons (Fsp3) is 0.462. The van der Waals surface area contributed by atoms with E-state index in [0.29, 0.717) is 18.4 Å². The first-order chi connectivity index (χ1) is 8.91. The number of hydrogen-bond acceptors (Lipinski definition) is 3. The molecule has 0 radical (unpaired) electrons. The Balaban J connectivity index is 2.06. The van der Waals surface area contributed by atoms with Crippen LogP contribution in [0.5, 0.6) is 0 Å². The van der Waals surface area contributed by atoms with Gasteiger partial charge in [0, 0.05) is 0 Å². The van der Waals surface area contributed by atoms with Crippen molar-refractivity contribution >= 4 is 5.97 Å². The van der Waals surface area contributed by atoms with Crippen molar-refractivity contribution in [3.8, 4) is 0 Å². The minimum atomic E-state index is -4.34. The van der Waals surface area contributed by atoms with E-state index >= 15 is 0 Å². The molecule has 19 heavy (non-hydrogen) atoms. The summed E-state index contributed by atoms with van der Waals surface area (Å²) in [7, 11) is 1.27. The second kappa shape index (κ2) is 5.21. The van der Waals surface area contributed by atoms with Gasteiger partial charge < -0.3 is 9.47 Å². The first kappa shape index (κ1) is 13.9. The summed E-state index contributed by atoms with van der Waals surface area (Å²) in [6, 6.07) is 4.80. The summed E-state index contributed by atoms with van der Waals surface area (Å²) in [5, 5.41) is 0. The van der Waals surface area contributed by atoms with Gasteiger partial charge in [-0.1, -0.05) is 12.1 Å². The maximum Gasteiger partial charge on any atom is 0.416 e. The molecule has 1 aliphatic heterocycles. The van der Waals surface area contributed by atoms with Crippen molar-refractivity contribution in [2.45, 2.75) is 31.2 Å². The molecule has 1 heterocycles. The third-order valence-corrected chi connectivity index (χ3v) is 3.09. The number of alkyl halides is 3. The fourth-order valence-corrected chi connectivity index (χ4v) is 2.07. The topological polar surface area (TPSA) is 35.5 Å². The molecule has 0 N–H and O–H groups in total. The third-order valence-electron chi connectivity index (χ3n) is 3.09. The molecular formula is C13H13F3O3. The molecule has 2 atom stereocenters. The molecule has 1 saturated heterocycles. The van der Waals surface area contributed by atoms with Crippen LogP contribution in [0.2, 0.25) is 0 Å². The molecule has 2 unspecified atom stereocenters. The van der Waals surface area contributed by atoms with Crippen LogP contribution in [0.3, 0.4) is 0 Å². The molecule has 0 aromatic heterocycles. The highest BCUT2D eigenvalue weighted by Crippen LogP contribution is 2.35. The maximum absolute atomic E-state index is 12.4. The van der Waals surface area contributed by atoms with E-state index in [2.05, 4.69) is 4.74 Å². The van der Waals surface area contributed by atoms with Crippen LogP contribution in [-0.4, -0.2) is 19.2 Å². The van der Waals surface area contributed by atoms with Gasteiger partial charge >= 0.3 is 12.1 Å². The lowest BCUT2D eigenvalue weighted by Gasteiger charge is -2.13. The molecule has 0 spiro atoms. The number of halogens is 3. The number of hydrogen-bond donors (Lipinski definition) is 0. The van der Waals surface area contributed by atoms with Crippen LogP contribution < -0.4 is 0 Å². The molecular weight excluding hydrogens is 261 g/mol. The van der Waals surface area contributed by atoms with Crippen molar-refractivity contribution in [1.29, 1.82) is 0 Å². The molecule has 0 saturated carbocycles. The van der Waals surface area contributed by atoms with Crippen molar-refractivity contribution in [2.75, 3.05) is 7.11 Å². The fourth-order valence-electron chi connectivity index (χ4n) is 2.07. The Morgan fingerprint density at radius 1 is 1.26 bits per heavy atom. The van der Waals surface area contributed by atoms with E-state index in [1.165, 1.54) is 19.2 Å². The summed E-state index contributed by atoms with van der Waals surface area (Å²) in [4.78, 5) is 11.3. The Kier molecular flexibility index (Phi) is 3.80. The molecule has 0 amide bonds. The van der Waals surface area contributed by atoms with Crippen LogP contribution in [0.1, 0.15) is 30.1 Å². The largest absolute Gasteiger partial charge is 0.467 e. The second-order valence-corrected chi connectivity index (χ2v) is 4.33. The second-order valence-electron chi connectivity index (χ2n) is 4.33. The molecule has 104 valence electrons. The van der Waals surface area contributed by atoms with E-state index < -0.39 is 23.8 Å². The van der Waals surface area contributed by atoms with Crippen LogP contribution in [0.4, 0.5) is 13.2 Å². The quantitative estimate of drug-likeness (QED) is 0.777. The Labute approximate surface area is 108 Å². The molecule has 1 aromatic carbocycles. The lowest BCUT2D eigenvalue weighted by molar-refractivity contribution is -0.153. The number of benzene rings is 1. The van der Waals surface area contributed by atoms with Crippen LogP contribution in [0.15, 0.2) is 24.3 Å². The number of esters is 1. The Morgan fingerprint density at radius 3 is 2.42 bits per heavy atom. The van der Waals surface area contributed by atoms with Gasteiger partial charge in [0.2, 0.25) is 0 Å². The number of ether oxygens (including phenoxy) is 2. The zero-order valence-corrected chi connectivity index (χ0v) is 10.2. The molecule has 0 aliphatic carbocycles. The Hall–Kier alpha value is -1.56. The van der Waals surface area contributed by atoms with E-state index in [-0.39, 0.29) is 6.10 Å². The maximum atomic E-state index is 12.4. The van der Waals surface area contributed by atoms with Gasteiger partial charge in [-0.15, -0.1) is 0 Å². The summed E-state index contributed by atoms with van der Waals surface area (Å²) >= 11 is 0. The van der Waals surface area contributed by atoms with Gasteiger partial charge in [-0.2, -0.15) is 13.2 Å². The summed E-state index contributed by atoms with van der Waals surface area (Å²) in [5.41, 5.74) is -0.0573. The molecule has 1 fully saturated rings. The van der Waals surface area contributed by atoms with Crippen LogP contribution in [0.25, 0.3) is 0 Å². The first-order valence-electron chi connectivity index (χ1n) is 5.82. The van der Waals surface area contributed by atoms with Gasteiger partial charge in [0.1, 0.15) is 0 Å². The average molecular weight is 274 g/mol. The van der Waals surface area contributed by atoms with Crippen LogP contribution >= 0.6 is 0 Å². The van der Waals surface area contributed by atoms with Crippen LogP contribution in [0, 0.1) is 0 Å². The van der Waals surface area contributed by atoms with E-state index in [0.717, 1.165) is 12.1 Å². The van der Waals surface area contributed by atoms with Gasteiger partial charge in [0.25, 0.3) is 0 Å². The summed E-state index contributed by atoms with van der Waals surface area (Å²) in [6.07, 6.45) is -4.23. The minimum absolute atomic E-state index is 0.355. The highest BCUT2D eigenvalue weighted by molar-refractivity contribution is 5.74. The Morgan fingerprint density at radius 2 is 1.89 bits per heavy atom. The van der Waals surface area contributed by atoms with Crippen LogP contribution in [-0.2, 0) is 20.4 Å². The van der Waals surface area contributed by atoms with E-state index in [9.17, 15) is 18.0 Å². The zero-order valence-electron chi connectivity index (χ0n) is 10.2. The zero-order chi connectivity index (χ0) is 14.0. The summed E-state index contributed by atoms with van der Waals surface area (Å²) in [5.74, 6) is -0.450. The molecule has 2 rings (SSSR count). The van der Waals surface area contributed by atoms with Gasteiger partial charge in [0.05, 0.1) is 18.8 Å². The lowest BCUT2D eigenvalue weighted by atomic mass is 10.0. The van der Waals surface area contributed by atoms with Gasteiger partial charge in [-0.3, -0.25) is 0 Å². The summed E-state index contributed by atoms with van der Waals surface area (Å²) < 4.78 is 47.3. The molecule has 6 heteroatoms. The van der Waals surface area contributed by atoms with Crippen molar-refractivity contribution in [3.05, 3.63) is 35.4 Å². The van der Waals surface area contributed by atoms with Crippen molar-refractivity contribution < 1.29 is 27.4 Å². The number of rotatable bonds is 2. The number of methoxy groups -OCH3 is 1. The van der Waals surface area contributed by atoms with Crippen molar-refractivity contribution in [1.82, 2.24) is 0 Å². The third kappa shape index (κ3) is 3.07. The van der Waals surface area contributed by atoms with E-state index in [1.54, 1.807) is 0 Å². The first-order valence-corrected chi connectivity index (χ1v) is 5.82. The molecule has 3 nitrogen and oxygen atoms in total. The average Bonchev–Trinajstić information content (AvgIpc) is 2.86.